The number of hydrogen-bond donors (Lipinski definition) is 0. The molecule has 1 aliphatic rings. The van der Waals surface area contributed by atoms with Gasteiger partial charge >= 0.3 is 0 Å². The van der Waals surface area contributed by atoms with E-state index in [2.05, 4.69) is 149 Å². The molecule has 0 N–H and O–H groups in total. The monoisotopic (exact) mass is 704 g/mol. The van der Waals surface area contributed by atoms with Crippen molar-refractivity contribution in [2.45, 2.75) is 19.3 Å². The second-order valence-corrected chi connectivity index (χ2v) is 14.7. The predicted molar refractivity (Wildman–Crippen MR) is 219 cm³/mol. The summed E-state index contributed by atoms with van der Waals surface area (Å²) >= 11 is 0. The van der Waals surface area contributed by atoms with Crippen LogP contribution in [0.25, 0.3) is 76.4 Å². The van der Waals surface area contributed by atoms with Gasteiger partial charge < -0.3 is 9.32 Å². The molecular formula is C48H28N6O. The van der Waals surface area contributed by atoms with Crippen LogP contribution in [0.5, 0.6) is 0 Å². The van der Waals surface area contributed by atoms with Crippen molar-refractivity contribution in [3.05, 3.63) is 156 Å². The number of nitriles is 2. The van der Waals surface area contributed by atoms with Crippen LogP contribution in [0.4, 0.5) is 17.1 Å². The minimum absolute atomic E-state index is 0.102. The summed E-state index contributed by atoms with van der Waals surface area (Å²) in [5.41, 5.74) is 7.22. The first-order chi connectivity index (χ1) is 26.9. The number of anilines is 3. The summed E-state index contributed by atoms with van der Waals surface area (Å²) in [5, 5.41) is 30.9. The van der Waals surface area contributed by atoms with Crippen molar-refractivity contribution in [3.8, 4) is 23.5 Å². The smallest absolute Gasteiger partial charge is 0.236 e. The highest BCUT2D eigenvalue weighted by Gasteiger charge is 2.38. The lowest BCUT2D eigenvalue weighted by Crippen LogP contribution is -2.30. The van der Waals surface area contributed by atoms with Gasteiger partial charge in [-0.2, -0.15) is 25.5 Å². The SMILES string of the molecule is CC1(C)c2cc3ccccc3cc2N(c2cccc(-c3nc(C#N)nc(C#N)n3)c2)c2cc3oc4cc5c6ccccc6c6ccccc6c5cc4c3cc21. The molecule has 3 heterocycles. The molecule has 10 aromatic rings. The van der Waals surface area contributed by atoms with E-state index in [4.69, 9.17) is 4.42 Å². The molecule has 256 valence electrons. The Morgan fingerprint density at radius 3 is 1.73 bits per heavy atom. The molecule has 0 saturated carbocycles. The Kier molecular flexibility index (Phi) is 6.30. The maximum absolute atomic E-state index is 9.60. The van der Waals surface area contributed by atoms with Crippen LogP contribution in [-0.2, 0) is 5.41 Å². The average molecular weight is 705 g/mol. The largest absolute Gasteiger partial charge is 0.456 e. The molecule has 7 heteroatoms. The van der Waals surface area contributed by atoms with Gasteiger partial charge in [0.05, 0.1) is 11.4 Å². The van der Waals surface area contributed by atoms with E-state index in [1.807, 2.05) is 30.3 Å². The molecule has 1 aliphatic heterocycles. The van der Waals surface area contributed by atoms with Crippen molar-refractivity contribution in [2.24, 2.45) is 0 Å². The first kappa shape index (κ1) is 31.0. The van der Waals surface area contributed by atoms with E-state index in [-0.39, 0.29) is 22.9 Å². The summed E-state index contributed by atoms with van der Waals surface area (Å²) in [6.07, 6.45) is 0. The Morgan fingerprint density at radius 2 is 1.05 bits per heavy atom. The van der Waals surface area contributed by atoms with Gasteiger partial charge in [-0.3, -0.25) is 0 Å². The lowest BCUT2D eigenvalue weighted by Gasteiger charge is -2.42. The van der Waals surface area contributed by atoms with Crippen LogP contribution in [0.1, 0.15) is 36.6 Å². The summed E-state index contributed by atoms with van der Waals surface area (Å²) in [7, 11) is 0. The van der Waals surface area contributed by atoms with Crippen molar-refractivity contribution in [2.75, 3.05) is 4.90 Å². The van der Waals surface area contributed by atoms with Gasteiger partial charge in [0, 0.05) is 33.5 Å². The van der Waals surface area contributed by atoms with E-state index < -0.39 is 0 Å². The van der Waals surface area contributed by atoms with Crippen LogP contribution in [0.2, 0.25) is 0 Å². The Hall–Kier alpha value is -7.61. The Balaban J connectivity index is 1.20. The molecule has 7 nitrogen and oxygen atoms in total. The zero-order valence-corrected chi connectivity index (χ0v) is 29.8. The van der Waals surface area contributed by atoms with E-state index in [1.165, 1.54) is 43.3 Å². The van der Waals surface area contributed by atoms with E-state index in [1.54, 1.807) is 0 Å². The number of aromatic nitrogens is 3. The van der Waals surface area contributed by atoms with Crippen molar-refractivity contribution in [1.29, 1.82) is 10.5 Å². The van der Waals surface area contributed by atoms with E-state index >= 15 is 0 Å². The number of hydrogen-bond acceptors (Lipinski definition) is 7. The molecule has 8 aromatic carbocycles. The van der Waals surface area contributed by atoms with Crippen molar-refractivity contribution in [3.63, 3.8) is 0 Å². The topological polar surface area (TPSA) is 103 Å². The van der Waals surface area contributed by atoms with Crippen LogP contribution >= 0.6 is 0 Å². The number of benzene rings is 8. The Bertz CT molecular complexity index is 3370. The second-order valence-electron chi connectivity index (χ2n) is 14.7. The zero-order chi connectivity index (χ0) is 37.0. The zero-order valence-electron chi connectivity index (χ0n) is 29.8. The Labute approximate surface area is 315 Å². The van der Waals surface area contributed by atoms with Crippen LogP contribution < -0.4 is 4.90 Å². The molecule has 0 radical (unpaired) electrons. The lowest BCUT2D eigenvalue weighted by molar-refractivity contribution is 0.631. The fraction of sp³-hybridized carbons (Fsp3) is 0.0625. The maximum Gasteiger partial charge on any atom is 0.236 e. The van der Waals surface area contributed by atoms with Crippen molar-refractivity contribution < 1.29 is 4.42 Å². The fourth-order valence-electron chi connectivity index (χ4n) is 8.75. The van der Waals surface area contributed by atoms with Crippen LogP contribution in [-0.4, -0.2) is 15.0 Å². The fourth-order valence-corrected chi connectivity index (χ4v) is 8.75. The number of fused-ring (bicyclic) bond motifs is 12. The minimum Gasteiger partial charge on any atom is -0.456 e. The molecule has 0 unspecified atom stereocenters. The summed E-state index contributed by atoms with van der Waals surface area (Å²) in [5.74, 6) is 0.0608. The Morgan fingerprint density at radius 1 is 0.509 bits per heavy atom. The number of furan rings is 1. The van der Waals surface area contributed by atoms with Crippen molar-refractivity contribution >= 4 is 82.1 Å². The lowest BCUT2D eigenvalue weighted by atomic mass is 9.72. The third-order valence-corrected chi connectivity index (χ3v) is 11.3. The first-order valence-corrected chi connectivity index (χ1v) is 18.1. The first-order valence-electron chi connectivity index (χ1n) is 18.1. The van der Waals surface area contributed by atoms with Gasteiger partial charge in [0.15, 0.2) is 5.82 Å². The van der Waals surface area contributed by atoms with Gasteiger partial charge in [-0.05, 0) is 96.7 Å². The quantitative estimate of drug-likeness (QED) is 0.165. The second kappa shape index (κ2) is 11.2. The summed E-state index contributed by atoms with van der Waals surface area (Å²) in [6, 6.07) is 51.2. The normalized spacial score (nSPS) is 13.3. The summed E-state index contributed by atoms with van der Waals surface area (Å²) in [4.78, 5) is 15.0. The molecule has 2 aromatic heterocycles. The van der Waals surface area contributed by atoms with Gasteiger partial charge in [0.1, 0.15) is 23.3 Å². The van der Waals surface area contributed by atoms with Gasteiger partial charge in [0.2, 0.25) is 11.6 Å². The van der Waals surface area contributed by atoms with Gasteiger partial charge in [0.25, 0.3) is 0 Å². The number of nitrogens with zero attached hydrogens (tertiary/aromatic N) is 6. The van der Waals surface area contributed by atoms with Gasteiger partial charge in [-0.1, -0.05) is 98.8 Å². The van der Waals surface area contributed by atoms with Gasteiger partial charge in [-0.15, -0.1) is 0 Å². The van der Waals surface area contributed by atoms with E-state index in [9.17, 15) is 10.5 Å². The molecule has 0 atom stereocenters. The molecule has 0 spiro atoms. The third-order valence-electron chi connectivity index (χ3n) is 11.3. The minimum atomic E-state index is -0.377. The highest BCUT2D eigenvalue weighted by atomic mass is 16.3. The molecule has 0 saturated heterocycles. The van der Waals surface area contributed by atoms with Crippen LogP contribution in [0.15, 0.2) is 138 Å². The summed E-state index contributed by atoms with van der Waals surface area (Å²) in [6.45, 7) is 4.60. The number of rotatable bonds is 2. The third kappa shape index (κ3) is 4.45. The highest BCUT2D eigenvalue weighted by molar-refractivity contribution is 6.28. The standard InChI is InChI=1S/C48H28N6O/c1-48(2)39-19-27-10-3-4-11-28(27)20-41(39)54(30-13-9-12-29(18-30)47-52-45(25-49)51-46(26-50)53-47)42-24-44-38(22-40(42)48)37-21-35-33-16-7-5-14-31(33)32-15-6-8-17-34(32)36(35)23-43(37)55-44/h3-24H,1-2H3. The average Bonchev–Trinajstić information content (AvgIpc) is 3.58. The highest BCUT2D eigenvalue weighted by Crippen LogP contribution is 2.55. The molecule has 11 rings (SSSR count). The van der Waals surface area contributed by atoms with Crippen LogP contribution in [0, 0.1) is 22.7 Å². The predicted octanol–water partition coefficient (Wildman–Crippen LogP) is 11.9. The molecule has 0 amide bonds. The van der Waals surface area contributed by atoms with E-state index in [0.717, 1.165) is 50.0 Å². The molecule has 0 aliphatic carbocycles. The molecule has 0 bridgehead atoms. The van der Waals surface area contributed by atoms with E-state index in [0.29, 0.717) is 5.56 Å². The molecular weight excluding hydrogens is 677 g/mol. The molecule has 55 heavy (non-hydrogen) atoms. The maximum atomic E-state index is 9.60. The van der Waals surface area contributed by atoms with Crippen molar-refractivity contribution in [1.82, 2.24) is 15.0 Å². The van der Waals surface area contributed by atoms with Crippen LogP contribution in [0.3, 0.4) is 0 Å². The van der Waals surface area contributed by atoms with Gasteiger partial charge in [-0.25, -0.2) is 0 Å². The summed E-state index contributed by atoms with van der Waals surface area (Å²) < 4.78 is 6.83. The molecule has 0 fully saturated rings.